The largest absolute Gasteiger partial charge is 0.418 e. The van der Waals surface area contributed by atoms with E-state index in [1.165, 1.54) is 19.1 Å². The van der Waals surface area contributed by atoms with Crippen LogP contribution in [-0.4, -0.2) is 16.8 Å². The van der Waals surface area contributed by atoms with Crippen LogP contribution in [0.1, 0.15) is 11.1 Å². The first-order valence-corrected chi connectivity index (χ1v) is 10.1. The van der Waals surface area contributed by atoms with Gasteiger partial charge in [0.2, 0.25) is 19.9 Å². The summed E-state index contributed by atoms with van der Waals surface area (Å²) in [6.45, 7) is 1.30. The molecule has 0 aromatic heterocycles. The van der Waals surface area contributed by atoms with Crippen LogP contribution in [0.5, 0.6) is 0 Å². The van der Waals surface area contributed by atoms with Gasteiger partial charge in [0.15, 0.2) is 0 Å². The van der Waals surface area contributed by atoms with Crippen molar-refractivity contribution in [2.75, 3.05) is 5.73 Å². The third-order valence-electron chi connectivity index (χ3n) is 3.45. The molecule has 0 aliphatic carbocycles. The number of nitrogen functional groups attached to an aromatic ring is 1. The van der Waals surface area contributed by atoms with Crippen molar-refractivity contribution in [3.05, 3.63) is 46.5 Å². The van der Waals surface area contributed by atoms with Crippen LogP contribution >= 0.6 is 11.6 Å². The minimum atomic E-state index is -4.94. The molecule has 4 N–H and O–H groups in total. The van der Waals surface area contributed by atoms with E-state index in [0.29, 0.717) is 6.07 Å². The summed E-state index contributed by atoms with van der Waals surface area (Å²) < 4.78 is 88.5. The molecular formula is C14H12ClF3N2O4S2. The highest BCUT2D eigenvalue weighted by Crippen LogP contribution is 2.40. The Hall–Kier alpha value is -1.82. The summed E-state index contributed by atoms with van der Waals surface area (Å²) in [5.41, 5.74) is 3.10. The number of sulfone groups is 1. The first kappa shape index (κ1) is 20.5. The molecule has 6 nitrogen and oxygen atoms in total. The second kappa shape index (κ2) is 6.41. The maximum Gasteiger partial charge on any atom is 0.418 e. The second-order valence-corrected chi connectivity index (χ2v) is 9.11. The van der Waals surface area contributed by atoms with Crippen molar-refractivity contribution in [2.45, 2.75) is 27.8 Å². The Morgan fingerprint density at radius 3 is 2.12 bits per heavy atom. The van der Waals surface area contributed by atoms with Gasteiger partial charge < -0.3 is 5.73 Å². The molecule has 0 bridgehead atoms. The predicted molar refractivity (Wildman–Crippen MR) is 88.9 cm³/mol. The molecule has 0 unspecified atom stereocenters. The number of hydrogen-bond acceptors (Lipinski definition) is 5. The average molecular weight is 429 g/mol. The molecule has 0 amide bonds. The summed E-state index contributed by atoms with van der Waals surface area (Å²) in [4.78, 5) is -2.43. The SMILES string of the molecule is Cc1cccc(S(=O)(=O)c2cc(C(F)(F)F)c(N)cc2Cl)c1S(N)(=O)=O. The lowest BCUT2D eigenvalue weighted by atomic mass is 10.2. The fourth-order valence-electron chi connectivity index (χ4n) is 2.34. The number of halogens is 4. The minimum Gasteiger partial charge on any atom is -0.398 e. The minimum absolute atomic E-state index is 0.0104. The van der Waals surface area contributed by atoms with E-state index in [0.717, 1.165) is 6.07 Å². The van der Waals surface area contributed by atoms with Crippen LogP contribution in [0.2, 0.25) is 5.02 Å². The number of benzene rings is 2. The molecule has 2 rings (SSSR count). The quantitative estimate of drug-likeness (QED) is 0.728. The Morgan fingerprint density at radius 1 is 1.04 bits per heavy atom. The average Bonchev–Trinajstić information content (AvgIpc) is 2.43. The van der Waals surface area contributed by atoms with Gasteiger partial charge in [0.25, 0.3) is 0 Å². The summed E-state index contributed by atoms with van der Waals surface area (Å²) in [5, 5.41) is 4.48. The number of hydrogen-bond donors (Lipinski definition) is 2. The number of alkyl halides is 3. The lowest BCUT2D eigenvalue weighted by Gasteiger charge is -2.16. The van der Waals surface area contributed by atoms with Gasteiger partial charge in [-0.2, -0.15) is 13.2 Å². The lowest BCUT2D eigenvalue weighted by Crippen LogP contribution is -2.19. The topological polar surface area (TPSA) is 120 Å². The number of primary sulfonamides is 1. The van der Waals surface area contributed by atoms with Gasteiger partial charge in [-0.25, -0.2) is 22.0 Å². The standard InChI is InChI=1S/C14H12ClF3N2O4S2/c1-7-3-2-4-11(13(7)26(20,23)24)25(21,22)12-5-8(14(16,17)18)10(19)6-9(12)15/h2-6H,19H2,1H3,(H2,20,23,24). The molecular weight excluding hydrogens is 417 g/mol. The van der Waals surface area contributed by atoms with E-state index >= 15 is 0 Å². The van der Waals surface area contributed by atoms with Gasteiger partial charge in [0, 0.05) is 5.69 Å². The summed E-state index contributed by atoms with van der Waals surface area (Å²) in [6.07, 6.45) is -4.94. The van der Waals surface area contributed by atoms with Crippen LogP contribution in [0.15, 0.2) is 45.0 Å². The van der Waals surface area contributed by atoms with Crippen molar-refractivity contribution in [3.63, 3.8) is 0 Å². The molecule has 0 saturated heterocycles. The first-order chi connectivity index (χ1) is 11.7. The summed E-state index contributed by atoms with van der Waals surface area (Å²) in [6, 6.07) is 4.35. The van der Waals surface area contributed by atoms with E-state index in [9.17, 15) is 30.0 Å². The normalized spacial score (nSPS) is 13.0. The first-order valence-electron chi connectivity index (χ1n) is 6.71. The summed E-state index contributed by atoms with van der Waals surface area (Å²) in [5.74, 6) is 0. The number of sulfonamides is 1. The van der Waals surface area contributed by atoms with E-state index in [1.54, 1.807) is 0 Å². The number of anilines is 1. The summed E-state index contributed by atoms with van der Waals surface area (Å²) >= 11 is 5.79. The van der Waals surface area contributed by atoms with Gasteiger partial charge in [-0.05, 0) is 30.7 Å². The molecule has 2 aromatic rings. The zero-order valence-corrected chi connectivity index (χ0v) is 15.4. The van der Waals surface area contributed by atoms with Gasteiger partial charge in [0.05, 0.1) is 20.4 Å². The number of rotatable bonds is 3. The highest BCUT2D eigenvalue weighted by molar-refractivity contribution is 7.93. The van der Waals surface area contributed by atoms with Crippen LogP contribution in [0.4, 0.5) is 18.9 Å². The van der Waals surface area contributed by atoms with Gasteiger partial charge >= 0.3 is 6.18 Å². The lowest BCUT2D eigenvalue weighted by molar-refractivity contribution is -0.137. The molecule has 0 aliphatic rings. The van der Waals surface area contributed by atoms with Crippen LogP contribution in [0.25, 0.3) is 0 Å². The van der Waals surface area contributed by atoms with Crippen molar-refractivity contribution in [1.29, 1.82) is 0 Å². The molecule has 2 aromatic carbocycles. The fourth-order valence-corrected chi connectivity index (χ4v) is 5.85. The fraction of sp³-hybridized carbons (Fsp3) is 0.143. The van der Waals surface area contributed by atoms with Gasteiger partial charge in [0.1, 0.15) is 4.90 Å². The van der Waals surface area contributed by atoms with Crippen molar-refractivity contribution in [3.8, 4) is 0 Å². The van der Waals surface area contributed by atoms with Crippen molar-refractivity contribution < 1.29 is 30.0 Å². The Balaban J connectivity index is 2.89. The molecule has 0 atom stereocenters. The van der Waals surface area contributed by atoms with E-state index in [1.807, 2.05) is 0 Å². The Morgan fingerprint density at radius 2 is 1.62 bits per heavy atom. The van der Waals surface area contributed by atoms with E-state index in [2.05, 4.69) is 0 Å². The highest BCUT2D eigenvalue weighted by Gasteiger charge is 2.37. The number of nitrogens with two attached hydrogens (primary N) is 2. The monoisotopic (exact) mass is 428 g/mol. The Kier molecular flexibility index (Phi) is 5.05. The maximum atomic E-state index is 13.0. The van der Waals surface area contributed by atoms with Gasteiger partial charge in [-0.1, -0.05) is 23.7 Å². The molecule has 0 saturated carbocycles. The van der Waals surface area contributed by atoms with Crippen LogP contribution in [0.3, 0.4) is 0 Å². The zero-order chi connectivity index (χ0) is 20.1. The van der Waals surface area contributed by atoms with Crippen molar-refractivity contribution in [2.24, 2.45) is 5.14 Å². The molecule has 0 spiro atoms. The van der Waals surface area contributed by atoms with E-state index < -0.39 is 57.0 Å². The van der Waals surface area contributed by atoms with Crippen molar-refractivity contribution >= 4 is 37.1 Å². The molecule has 142 valence electrons. The third kappa shape index (κ3) is 3.65. The Bertz CT molecular complexity index is 1100. The van der Waals surface area contributed by atoms with Gasteiger partial charge in [-0.3, -0.25) is 0 Å². The molecule has 12 heteroatoms. The smallest absolute Gasteiger partial charge is 0.398 e. The molecule has 26 heavy (non-hydrogen) atoms. The van der Waals surface area contributed by atoms with E-state index in [4.69, 9.17) is 22.5 Å². The number of aryl methyl sites for hydroxylation is 1. The van der Waals surface area contributed by atoms with Crippen molar-refractivity contribution in [1.82, 2.24) is 0 Å². The van der Waals surface area contributed by atoms with Crippen LogP contribution in [0, 0.1) is 6.92 Å². The second-order valence-electron chi connectivity index (χ2n) is 5.32. The van der Waals surface area contributed by atoms with Crippen LogP contribution in [-0.2, 0) is 26.0 Å². The molecule has 0 fully saturated rings. The Labute approximate surface area is 152 Å². The predicted octanol–water partition coefficient (Wildman–Crippen LogP) is 2.73. The zero-order valence-electron chi connectivity index (χ0n) is 13.0. The summed E-state index contributed by atoms with van der Waals surface area (Å²) in [7, 11) is -9.24. The molecule has 0 heterocycles. The highest BCUT2D eigenvalue weighted by atomic mass is 35.5. The molecule has 0 radical (unpaired) electrons. The van der Waals surface area contributed by atoms with Gasteiger partial charge in [-0.15, -0.1) is 0 Å². The van der Waals surface area contributed by atoms with E-state index in [-0.39, 0.29) is 11.6 Å². The third-order valence-corrected chi connectivity index (χ3v) is 6.95. The maximum absolute atomic E-state index is 13.0. The molecule has 0 aliphatic heterocycles. The van der Waals surface area contributed by atoms with Crippen LogP contribution < -0.4 is 10.9 Å².